The van der Waals surface area contributed by atoms with Crippen LogP contribution in [0.4, 0.5) is 0 Å². The van der Waals surface area contributed by atoms with Crippen LogP contribution in [0.25, 0.3) is 0 Å². The lowest BCUT2D eigenvalue weighted by Crippen LogP contribution is -2.12. The summed E-state index contributed by atoms with van der Waals surface area (Å²) in [5.74, 6) is 0. The summed E-state index contributed by atoms with van der Waals surface area (Å²) in [5.41, 5.74) is 1.07. The van der Waals surface area contributed by atoms with Gasteiger partial charge in [0.05, 0.1) is 6.10 Å². The van der Waals surface area contributed by atoms with E-state index >= 15 is 0 Å². The second kappa shape index (κ2) is 3.64. The molecule has 0 spiro atoms. The molecule has 70 valence electrons. The first-order valence-corrected chi connectivity index (χ1v) is 5.98. The predicted molar refractivity (Wildman–Crippen MR) is 59.0 cm³/mol. The van der Waals surface area contributed by atoms with Gasteiger partial charge in [-0.3, -0.25) is 0 Å². The molecule has 1 heterocycles. The van der Waals surface area contributed by atoms with Gasteiger partial charge in [-0.2, -0.15) is 0 Å². The number of hydrogen-bond acceptors (Lipinski definition) is 2. The molecule has 0 fully saturated rings. The van der Waals surface area contributed by atoms with E-state index in [0.29, 0.717) is 5.25 Å². The largest absolute Gasteiger partial charge is 0.388 e. The van der Waals surface area contributed by atoms with E-state index in [1.54, 1.807) is 0 Å². The Morgan fingerprint density at radius 1 is 1.54 bits per heavy atom. The van der Waals surface area contributed by atoms with Crippen LogP contribution < -0.4 is 0 Å². The zero-order chi connectivity index (χ0) is 9.42. The van der Waals surface area contributed by atoms with Crippen molar-refractivity contribution in [3.63, 3.8) is 0 Å². The quantitative estimate of drug-likeness (QED) is 0.770. The van der Waals surface area contributed by atoms with Crippen molar-refractivity contribution in [1.29, 1.82) is 0 Å². The van der Waals surface area contributed by atoms with Crippen molar-refractivity contribution in [1.82, 2.24) is 0 Å². The summed E-state index contributed by atoms with van der Waals surface area (Å²) >= 11 is 5.26. The van der Waals surface area contributed by atoms with Crippen LogP contribution >= 0.6 is 27.7 Å². The van der Waals surface area contributed by atoms with Crippen LogP contribution in [0, 0.1) is 0 Å². The van der Waals surface area contributed by atoms with E-state index in [9.17, 15) is 5.11 Å². The van der Waals surface area contributed by atoms with Crippen LogP contribution in [0.5, 0.6) is 0 Å². The third-order valence-electron chi connectivity index (χ3n) is 2.21. The lowest BCUT2D eigenvalue weighted by Gasteiger charge is -2.25. The molecular weight excluding hydrogens is 248 g/mol. The molecule has 1 nitrogen and oxygen atoms in total. The average Bonchev–Trinajstić information content (AvgIpc) is 2.06. The molecule has 1 aromatic carbocycles. The Balaban J connectivity index is 2.43. The van der Waals surface area contributed by atoms with Gasteiger partial charge in [-0.05, 0) is 30.2 Å². The van der Waals surface area contributed by atoms with Crippen molar-refractivity contribution in [2.24, 2.45) is 0 Å². The molecule has 0 bridgehead atoms. The van der Waals surface area contributed by atoms with Gasteiger partial charge in [0.15, 0.2) is 0 Å². The fourth-order valence-corrected chi connectivity index (χ4v) is 3.16. The molecular formula is C10H11BrOS. The van der Waals surface area contributed by atoms with Crippen molar-refractivity contribution in [3.8, 4) is 0 Å². The van der Waals surface area contributed by atoms with E-state index < -0.39 is 0 Å². The number of aliphatic hydroxyl groups excluding tert-OH is 1. The highest BCUT2D eigenvalue weighted by molar-refractivity contribution is 9.10. The Hall–Kier alpha value is 0.01000. The molecule has 1 aliphatic heterocycles. The molecule has 1 aliphatic rings. The highest BCUT2D eigenvalue weighted by Gasteiger charge is 2.23. The fraction of sp³-hybridized carbons (Fsp3) is 0.400. The van der Waals surface area contributed by atoms with Crippen molar-refractivity contribution in [2.75, 3.05) is 0 Å². The number of hydrogen-bond donors (Lipinski definition) is 1. The molecule has 2 unspecified atom stereocenters. The first-order chi connectivity index (χ1) is 6.16. The van der Waals surface area contributed by atoms with Gasteiger partial charge in [0.1, 0.15) is 0 Å². The lowest BCUT2D eigenvalue weighted by atomic mass is 10.0. The second-order valence-corrected chi connectivity index (χ2v) is 5.76. The number of aliphatic hydroxyl groups is 1. The van der Waals surface area contributed by atoms with Gasteiger partial charge < -0.3 is 5.11 Å². The molecule has 13 heavy (non-hydrogen) atoms. The standard InChI is InChI=1S/C10H11BrOS/c1-6-4-9(12)8-5-7(11)2-3-10(8)13-6/h2-3,5-6,9,12H,4H2,1H3. The molecule has 0 aliphatic carbocycles. The maximum Gasteiger partial charge on any atom is 0.0811 e. The van der Waals surface area contributed by atoms with Crippen LogP contribution in [-0.2, 0) is 0 Å². The monoisotopic (exact) mass is 258 g/mol. The Kier molecular flexibility index (Phi) is 2.67. The normalized spacial score (nSPS) is 27.0. The number of halogens is 1. The Labute approximate surface area is 90.7 Å². The van der Waals surface area contributed by atoms with Crippen LogP contribution in [0.15, 0.2) is 27.6 Å². The molecule has 1 aromatic rings. The Morgan fingerprint density at radius 3 is 3.08 bits per heavy atom. The average molecular weight is 259 g/mol. The summed E-state index contributed by atoms with van der Waals surface area (Å²) < 4.78 is 1.04. The summed E-state index contributed by atoms with van der Waals surface area (Å²) in [6.45, 7) is 2.15. The SMILES string of the molecule is CC1CC(O)c2cc(Br)ccc2S1. The molecule has 1 N–H and O–H groups in total. The maximum absolute atomic E-state index is 9.82. The minimum absolute atomic E-state index is 0.288. The second-order valence-electron chi connectivity index (χ2n) is 3.36. The first kappa shape index (κ1) is 9.56. The zero-order valence-electron chi connectivity index (χ0n) is 7.33. The third-order valence-corrected chi connectivity index (χ3v) is 3.93. The summed E-state index contributed by atoms with van der Waals surface area (Å²) in [5, 5.41) is 10.3. The highest BCUT2D eigenvalue weighted by atomic mass is 79.9. The number of rotatable bonds is 0. The molecule has 0 aromatic heterocycles. The van der Waals surface area contributed by atoms with Gasteiger partial charge in [0.25, 0.3) is 0 Å². The van der Waals surface area contributed by atoms with E-state index in [2.05, 4.69) is 28.9 Å². The highest BCUT2D eigenvalue weighted by Crippen LogP contribution is 2.41. The number of fused-ring (bicyclic) bond motifs is 1. The Morgan fingerprint density at radius 2 is 2.31 bits per heavy atom. The summed E-state index contributed by atoms with van der Waals surface area (Å²) in [6.07, 6.45) is 0.567. The molecule has 3 heteroatoms. The van der Waals surface area contributed by atoms with Crippen molar-refractivity contribution < 1.29 is 5.11 Å². The summed E-state index contributed by atoms with van der Waals surface area (Å²) in [4.78, 5) is 1.22. The molecule has 0 radical (unpaired) electrons. The van der Waals surface area contributed by atoms with Gasteiger partial charge in [0, 0.05) is 14.6 Å². The van der Waals surface area contributed by atoms with Gasteiger partial charge in [-0.15, -0.1) is 11.8 Å². The third kappa shape index (κ3) is 1.92. The van der Waals surface area contributed by atoms with Crippen molar-refractivity contribution in [3.05, 3.63) is 28.2 Å². The van der Waals surface area contributed by atoms with Crippen LogP contribution in [0.2, 0.25) is 0 Å². The predicted octanol–water partition coefficient (Wildman–Crippen LogP) is 3.37. The molecule has 2 atom stereocenters. The number of benzene rings is 1. The van der Waals surface area contributed by atoms with Crippen molar-refractivity contribution in [2.45, 2.75) is 29.6 Å². The molecule has 2 rings (SSSR count). The Bertz CT molecular complexity index is 327. The van der Waals surface area contributed by atoms with Crippen LogP contribution in [0.3, 0.4) is 0 Å². The topological polar surface area (TPSA) is 20.2 Å². The zero-order valence-corrected chi connectivity index (χ0v) is 9.73. The van der Waals surface area contributed by atoms with Gasteiger partial charge >= 0.3 is 0 Å². The minimum atomic E-state index is -0.288. The van der Waals surface area contributed by atoms with Gasteiger partial charge in [-0.25, -0.2) is 0 Å². The lowest BCUT2D eigenvalue weighted by molar-refractivity contribution is 0.163. The van der Waals surface area contributed by atoms with E-state index in [1.807, 2.05) is 23.9 Å². The van der Waals surface area contributed by atoms with Crippen LogP contribution in [-0.4, -0.2) is 10.4 Å². The van der Waals surface area contributed by atoms with E-state index in [-0.39, 0.29) is 6.10 Å². The smallest absolute Gasteiger partial charge is 0.0811 e. The maximum atomic E-state index is 9.82. The van der Waals surface area contributed by atoms with Crippen LogP contribution in [0.1, 0.15) is 25.0 Å². The first-order valence-electron chi connectivity index (χ1n) is 4.31. The molecule has 0 amide bonds. The van der Waals surface area contributed by atoms with E-state index in [4.69, 9.17) is 0 Å². The van der Waals surface area contributed by atoms with Gasteiger partial charge in [-0.1, -0.05) is 22.9 Å². The van der Waals surface area contributed by atoms with E-state index in [1.165, 1.54) is 4.90 Å². The fourth-order valence-electron chi connectivity index (χ4n) is 1.59. The minimum Gasteiger partial charge on any atom is -0.388 e. The number of thioether (sulfide) groups is 1. The van der Waals surface area contributed by atoms with E-state index in [0.717, 1.165) is 16.5 Å². The molecule has 0 saturated heterocycles. The summed E-state index contributed by atoms with van der Waals surface area (Å²) in [7, 11) is 0. The molecule has 0 saturated carbocycles. The van der Waals surface area contributed by atoms with Crippen molar-refractivity contribution >= 4 is 27.7 Å². The van der Waals surface area contributed by atoms with Gasteiger partial charge in [0.2, 0.25) is 0 Å². The summed E-state index contributed by atoms with van der Waals surface area (Å²) in [6, 6.07) is 6.11.